The molecular formula is C25H29N3O8. The molecule has 1 aromatic rings. The number of ketones is 2. The molecule has 1 amide bonds. The molecule has 0 aliphatic heterocycles. The van der Waals surface area contributed by atoms with E-state index in [0.717, 1.165) is 0 Å². The second-order valence-electron chi connectivity index (χ2n) is 9.64. The van der Waals surface area contributed by atoms with E-state index in [0.29, 0.717) is 12.1 Å². The standard InChI is InChI=1S/C25H29N3O8/c1-5-8-27-11-7-6-10-9(2)12-14(19(30)13(10)18(11)29)22(33)25(36)16(20(12)31)17(28(3)4)21(32)15(23(25)34)24(26)35/h5-7,9,12,16-17,20,27,29-31,34,36H,1,8H2,2-4H3,(H2,26,35)/t9-,12+,16+,17-,20-,25-/m0/s1. The maximum Gasteiger partial charge on any atom is 0.255 e. The lowest BCUT2D eigenvalue weighted by atomic mass is 9.54. The Kier molecular flexibility index (Phi) is 5.98. The number of aromatic hydroxyl groups is 1. The summed E-state index contributed by atoms with van der Waals surface area (Å²) < 4.78 is 0. The molecule has 0 unspecified atom stereocenters. The number of phenolic OH excluding ortho intramolecular Hbond substituents is 1. The van der Waals surface area contributed by atoms with Gasteiger partial charge in [-0.05, 0) is 31.6 Å². The first-order chi connectivity index (χ1) is 16.8. The number of benzene rings is 1. The number of nitrogens with one attached hydrogen (secondary N) is 1. The lowest BCUT2D eigenvalue weighted by Gasteiger charge is -2.53. The number of aliphatic hydroxyl groups is 4. The molecule has 36 heavy (non-hydrogen) atoms. The van der Waals surface area contributed by atoms with Crippen molar-refractivity contribution in [1.82, 2.24) is 4.90 Å². The lowest BCUT2D eigenvalue weighted by Crippen LogP contribution is -2.70. The van der Waals surface area contributed by atoms with Crippen LogP contribution in [-0.2, 0) is 14.4 Å². The minimum atomic E-state index is -2.93. The van der Waals surface area contributed by atoms with Crippen molar-refractivity contribution in [1.29, 1.82) is 0 Å². The molecule has 8 N–H and O–H groups in total. The molecule has 0 bridgehead atoms. The van der Waals surface area contributed by atoms with Crippen molar-refractivity contribution in [2.24, 2.45) is 17.6 Å². The number of primary amides is 1. The van der Waals surface area contributed by atoms with Crippen LogP contribution in [0.4, 0.5) is 5.69 Å². The molecule has 1 fully saturated rings. The molecule has 0 saturated heterocycles. The molecule has 192 valence electrons. The Morgan fingerprint density at radius 2 is 1.89 bits per heavy atom. The van der Waals surface area contributed by atoms with E-state index in [2.05, 4.69) is 11.9 Å². The van der Waals surface area contributed by atoms with Gasteiger partial charge in [0.15, 0.2) is 11.4 Å². The van der Waals surface area contributed by atoms with E-state index in [-0.39, 0.29) is 17.0 Å². The first-order valence-corrected chi connectivity index (χ1v) is 11.4. The zero-order valence-electron chi connectivity index (χ0n) is 20.0. The minimum Gasteiger partial charge on any atom is -0.508 e. The first-order valence-electron chi connectivity index (χ1n) is 11.4. The zero-order chi connectivity index (χ0) is 26.9. The molecule has 0 radical (unpaired) electrons. The largest absolute Gasteiger partial charge is 0.508 e. The highest BCUT2D eigenvalue weighted by molar-refractivity contribution is 6.24. The molecule has 3 aliphatic carbocycles. The number of anilines is 1. The molecule has 1 aromatic carbocycles. The maximum atomic E-state index is 13.9. The Morgan fingerprint density at radius 1 is 1.25 bits per heavy atom. The van der Waals surface area contributed by atoms with E-state index in [4.69, 9.17) is 5.73 Å². The Labute approximate surface area is 206 Å². The summed E-state index contributed by atoms with van der Waals surface area (Å²) in [5, 5.41) is 59.1. The van der Waals surface area contributed by atoms with Crippen LogP contribution in [0, 0.1) is 11.8 Å². The van der Waals surface area contributed by atoms with Crippen LogP contribution < -0.4 is 11.1 Å². The third-order valence-corrected chi connectivity index (χ3v) is 7.57. The molecule has 6 atom stereocenters. The van der Waals surface area contributed by atoms with Gasteiger partial charge in [0.1, 0.15) is 22.8 Å². The van der Waals surface area contributed by atoms with Gasteiger partial charge in [0, 0.05) is 18.0 Å². The minimum absolute atomic E-state index is 0.0694. The van der Waals surface area contributed by atoms with Gasteiger partial charge in [-0.2, -0.15) is 0 Å². The highest BCUT2D eigenvalue weighted by atomic mass is 16.4. The van der Waals surface area contributed by atoms with E-state index in [1.165, 1.54) is 19.0 Å². The fraction of sp³-hybridized carbons (Fsp3) is 0.400. The number of carbonyl (C=O) groups excluding carboxylic acids is 3. The van der Waals surface area contributed by atoms with Gasteiger partial charge < -0.3 is 36.6 Å². The SMILES string of the molecule is C=CCNc1ccc2c(c1O)C(O)=C1C(=O)[C@]3(O)C(O)=C(C(N)=O)C(=O)[C@@H](N(C)C)[C@@H]3[C@@H](O)[C@@H]1[C@H]2C. The number of nitrogens with two attached hydrogens (primary N) is 1. The molecule has 11 heteroatoms. The van der Waals surface area contributed by atoms with E-state index < -0.39 is 75.6 Å². The fourth-order valence-corrected chi connectivity index (χ4v) is 5.94. The number of nitrogens with zero attached hydrogens (tertiary/aromatic N) is 1. The Hall–Kier alpha value is -3.67. The van der Waals surface area contributed by atoms with Gasteiger partial charge in [0.25, 0.3) is 5.91 Å². The van der Waals surface area contributed by atoms with Crippen molar-refractivity contribution < 1.29 is 39.9 Å². The number of carbonyl (C=O) groups is 3. The monoisotopic (exact) mass is 499 g/mol. The van der Waals surface area contributed by atoms with E-state index in [1.807, 2.05) is 0 Å². The summed E-state index contributed by atoms with van der Waals surface area (Å²) in [4.78, 5) is 40.4. The van der Waals surface area contributed by atoms with Crippen LogP contribution in [0.5, 0.6) is 5.75 Å². The number of aliphatic hydroxyl groups excluding tert-OH is 3. The van der Waals surface area contributed by atoms with Crippen molar-refractivity contribution in [3.8, 4) is 5.75 Å². The van der Waals surface area contributed by atoms with Crippen molar-refractivity contribution >= 4 is 28.9 Å². The summed E-state index contributed by atoms with van der Waals surface area (Å²) in [5.41, 5.74) is 1.60. The van der Waals surface area contributed by atoms with Crippen molar-refractivity contribution in [3.05, 3.63) is 52.8 Å². The zero-order valence-corrected chi connectivity index (χ0v) is 20.0. The van der Waals surface area contributed by atoms with Gasteiger partial charge in [-0.15, -0.1) is 6.58 Å². The summed E-state index contributed by atoms with van der Waals surface area (Å²) >= 11 is 0. The maximum absolute atomic E-state index is 13.9. The predicted octanol–water partition coefficient (Wildman–Crippen LogP) is 0.0937. The number of Topliss-reactive ketones (excluding diaryl/α,β-unsaturated/α-hetero) is 2. The molecule has 11 nitrogen and oxygen atoms in total. The van der Waals surface area contributed by atoms with Crippen LogP contribution in [0.25, 0.3) is 5.76 Å². The third-order valence-electron chi connectivity index (χ3n) is 7.57. The lowest BCUT2D eigenvalue weighted by molar-refractivity contribution is -0.169. The molecular weight excluding hydrogens is 470 g/mol. The Morgan fingerprint density at radius 3 is 2.44 bits per heavy atom. The van der Waals surface area contributed by atoms with Gasteiger partial charge in [-0.1, -0.05) is 19.1 Å². The highest BCUT2D eigenvalue weighted by Gasteiger charge is 2.68. The number of rotatable bonds is 5. The number of hydrogen-bond acceptors (Lipinski definition) is 10. The quantitative estimate of drug-likeness (QED) is 0.166. The molecule has 0 spiro atoms. The number of hydrogen-bond donors (Lipinski definition) is 7. The van der Waals surface area contributed by atoms with Crippen molar-refractivity contribution in [2.75, 3.05) is 26.0 Å². The second kappa shape index (κ2) is 8.47. The number of phenols is 1. The van der Waals surface area contributed by atoms with Crippen LogP contribution in [0.3, 0.4) is 0 Å². The number of likely N-dealkylation sites (N-methyl/N-ethyl adjacent to an activating group) is 1. The van der Waals surface area contributed by atoms with Gasteiger partial charge in [0.05, 0.1) is 29.3 Å². The third kappa shape index (κ3) is 3.13. The summed E-state index contributed by atoms with van der Waals surface area (Å²) in [6.45, 7) is 5.57. The van der Waals surface area contributed by atoms with Gasteiger partial charge in [0.2, 0.25) is 5.78 Å². The van der Waals surface area contributed by atoms with Gasteiger partial charge in [-0.25, -0.2) is 0 Å². The predicted molar refractivity (Wildman–Crippen MR) is 129 cm³/mol. The normalized spacial score (nSPS) is 31.7. The molecule has 1 saturated carbocycles. The van der Waals surface area contributed by atoms with Gasteiger partial charge in [-0.3, -0.25) is 19.3 Å². The van der Waals surface area contributed by atoms with E-state index in [9.17, 15) is 39.9 Å². The average Bonchev–Trinajstić information content (AvgIpc) is 2.80. The second-order valence-corrected chi connectivity index (χ2v) is 9.64. The number of fused-ring (bicyclic) bond motifs is 3. The summed E-state index contributed by atoms with van der Waals surface area (Å²) in [5.74, 6) is -9.13. The first kappa shape index (κ1) is 25.4. The molecule has 0 aromatic heterocycles. The molecule has 0 heterocycles. The van der Waals surface area contributed by atoms with Crippen LogP contribution in [0.1, 0.15) is 24.0 Å². The van der Waals surface area contributed by atoms with Crippen LogP contribution in [0.2, 0.25) is 0 Å². The van der Waals surface area contributed by atoms with Crippen LogP contribution >= 0.6 is 0 Å². The molecule has 4 rings (SSSR count). The Balaban J connectivity index is 2.02. The summed E-state index contributed by atoms with van der Waals surface area (Å²) in [7, 11) is 2.92. The van der Waals surface area contributed by atoms with Crippen LogP contribution in [-0.4, -0.2) is 86.3 Å². The fourth-order valence-electron chi connectivity index (χ4n) is 5.94. The van der Waals surface area contributed by atoms with Crippen molar-refractivity contribution in [2.45, 2.75) is 30.6 Å². The van der Waals surface area contributed by atoms with Gasteiger partial charge >= 0.3 is 0 Å². The average molecular weight is 500 g/mol. The molecule has 3 aliphatic rings. The topological polar surface area (TPSA) is 194 Å². The Bertz CT molecular complexity index is 1270. The summed E-state index contributed by atoms with van der Waals surface area (Å²) in [6.07, 6.45) is -0.0644. The van der Waals surface area contributed by atoms with E-state index >= 15 is 0 Å². The van der Waals surface area contributed by atoms with Crippen molar-refractivity contribution in [3.63, 3.8) is 0 Å². The summed E-state index contributed by atoms with van der Waals surface area (Å²) in [6, 6.07) is 1.83. The van der Waals surface area contributed by atoms with E-state index in [1.54, 1.807) is 25.1 Å². The number of amides is 1. The highest BCUT2D eigenvalue weighted by Crippen LogP contribution is 2.56. The smallest absolute Gasteiger partial charge is 0.255 e. The van der Waals surface area contributed by atoms with Crippen LogP contribution in [0.15, 0.2) is 41.7 Å².